The Morgan fingerprint density at radius 3 is 2.19 bits per heavy atom. The van der Waals surface area contributed by atoms with Crippen LogP contribution in [0, 0.1) is 5.92 Å². The summed E-state index contributed by atoms with van der Waals surface area (Å²) >= 11 is 0. The molecule has 0 bridgehead atoms. The minimum Gasteiger partial charge on any atom is -0.349 e. The predicted molar refractivity (Wildman–Crippen MR) is 127 cm³/mol. The van der Waals surface area contributed by atoms with Crippen molar-refractivity contribution in [3.8, 4) is 0 Å². The van der Waals surface area contributed by atoms with E-state index in [1.807, 2.05) is 78.9 Å². The van der Waals surface area contributed by atoms with Gasteiger partial charge in [0.05, 0.1) is 12.0 Å². The van der Waals surface area contributed by atoms with Crippen molar-refractivity contribution in [3.05, 3.63) is 102 Å². The first-order valence-corrected chi connectivity index (χ1v) is 11.2. The minimum absolute atomic E-state index is 0.00648. The Morgan fingerprint density at radius 1 is 0.875 bits per heavy atom. The van der Waals surface area contributed by atoms with Crippen molar-refractivity contribution in [3.63, 3.8) is 0 Å². The van der Waals surface area contributed by atoms with Crippen LogP contribution in [0.15, 0.2) is 91.0 Å². The summed E-state index contributed by atoms with van der Waals surface area (Å²) in [6.07, 6.45) is 2.32. The molecule has 0 aliphatic carbocycles. The summed E-state index contributed by atoms with van der Waals surface area (Å²) < 4.78 is 0. The van der Waals surface area contributed by atoms with Gasteiger partial charge in [-0.25, -0.2) is 4.79 Å². The highest BCUT2D eigenvalue weighted by Gasteiger charge is 2.30. The van der Waals surface area contributed by atoms with Crippen molar-refractivity contribution in [1.82, 2.24) is 10.2 Å². The maximum absolute atomic E-state index is 13.2. The summed E-state index contributed by atoms with van der Waals surface area (Å²) in [6, 6.07) is 29.4. The van der Waals surface area contributed by atoms with E-state index in [-0.39, 0.29) is 23.9 Å². The molecular formula is C27H29N3O2. The highest BCUT2D eigenvalue weighted by Crippen LogP contribution is 2.22. The largest absolute Gasteiger partial charge is 0.349 e. The lowest BCUT2D eigenvalue weighted by Gasteiger charge is -2.33. The smallest absolute Gasteiger partial charge is 0.321 e. The fourth-order valence-electron chi connectivity index (χ4n) is 4.18. The molecule has 0 spiro atoms. The summed E-state index contributed by atoms with van der Waals surface area (Å²) in [7, 11) is 0. The lowest BCUT2D eigenvalue weighted by molar-refractivity contribution is -0.127. The first kappa shape index (κ1) is 21.6. The van der Waals surface area contributed by atoms with Crippen LogP contribution in [0.3, 0.4) is 0 Å². The molecule has 5 heteroatoms. The van der Waals surface area contributed by atoms with E-state index in [1.165, 1.54) is 5.56 Å². The lowest BCUT2D eigenvalue weighted by Crippen LogP contribution is -2.47. The Hall–Kier alpha value is -3.60. The molecule has 3 aromatic carbocycles. The third kappa shape index (κ3) is 5.76. The van der Waals surface area contributed by atoms with Crippen LogP contribution in [-0.2, 0) is 11.2 Å². The zero-order valence-corrected chi connectivity index (χ0v) is 18.1. The van der Waals surface area contributed by atoms with Crippen molar-refractivity contribution in [1.29, 1.82) is 0 Å². The van der Waals surface area contributed by atoms with E-state index in [9.17, 15) is 9.59 Å². The van der Waals surface area contributed by atoms with Crippen molar-refractivity contribution < 1.29 is 9.59 Å². The molecule has 5 nitrogen and oxygen atoms in total. The second-order valence-electron chi connectivity index (χ2n) is 8.24. The average Bonchev–Trinajstić information content (AvgIpc) is 2.85. The van der Waals surface area contributed by atoms with E-state index in [0.717, 1.165) is 30.5 Å². The Kier molecular flexibility index (Phi) is 7.18. The molecule has 2 atom stereocenters. The van der Waals surface area contributed by atoms with Gasteiger partial charge in [-0.15, -0.1) is 0 Å². The SMILES string of the molecule is O=C(NC(Cc1ccccc1)c1ccccc1)C1CCCN(C(=O)Nc2ccccc2)C1. The van der Waals surface area contributed by atoms with Crippen LogP contribution in [0.25, 0.3) is 0 Å². The third-order valence-corrected chi connectivity index (χ3v) is 5.91. The van der Waals surface area contributed by atoms with Gasteiger partial charge < -0.3 is 15.5 Å². The molecule has 0 radical (unpaired) electrons. The number of para-hydroxylation sites is 1. The molecule has 0 aromatic heterocycles. The zero-order chi connectivity index (χ0) is 22.2. The second kappa shape index (κ2) is 10.6. The number of carbonyl (C=O) groups is 2. The number of anilines is 1. The normalized spacial score (nSPS) is 16.8. The van der Waals surface area contributed by atoms with E-state index in [0.29, 0.717) is 13.1 Å². The van der Waals surface area contributed by atoms with Gasteiger partial charge in [0.15, 0.2) is 0 Å². The number of rotatable bonds is 6. The molecule has 1 saturated heterocycles. The first-order valence-electron chi connectivity index (χ1n) is 11.2. The number of amides is 3. The van der Waals surface area contributed by atoms with Crippen molar-refractivity contribution in [2.24, 2.45) is 5.92 Å². The summed E-state index contributed by atoms with van der Waals surface area (Å²) in [6.45, 7) is 1.09. The maximum Gasteiger partial charge on any atom is 0.321 e. The number of carbonyl (C=O) groups excluding carboxylic acids is 2. The van der Waals surface area contributed by atoms with E-state index in [2.05, 4.69) is 22.8 Å². The van der Waals surface area contributed by atoms with Gasteiger partial charge in [-0.05, 0) is 42.5 Å². The van der Waals surface area contributed by atoms with Crippen LogP contribution in [0.2, 0.25) is 0 Å². The molecule has 1 aliphatic rings. The molecule has 2 N–H and O–H groups in total. The first-order chi connectivity index (χ1) is 15.7. The topological polar surface area (TPSA) is 61.4 Å². The number of nitrogens with zero attached hydrogens (tertiary/aromatic N) is 1. The van der Waals surface area contributed by atoms with Gasteiger partial charge in [0.25, 0.3) is 0 Å². The number of nitrogens with one attached hydrogen (secondary N) is 2. The molecule has 3 aromatic rings. The van der Waals surface area contributed by atoms with Crippen LogP contribution in [-0.4, -0.2) is 29.9 Å². The molecule has 1 heterocycles. The maximum atomic E-state index is 13.2. The van der Waals surface area contributed by atoms with Gasteiger partial charge in [0, 0.05) is 18.8 Å². The lowest BCUT2D eigenvalue weighted by atomic mass is 9.94. The Balaban J connectivity index is 1.41. The van der Waals surface area contributed by atoms with Crippen LogP contribution < -0.4 is 10.6 Å². The molecule has 3 amide bonds. The van der Waals surface area contributed by atoms with E-state index in [1.54, 1.807) is 4.90 Å². The molecule has 1 aliphatic heterocycles. The Bertz CT molecular complexity index is 1010. The number of hydrogen-bond acceptors (Lipinski definition) is 2. The summed E-state index contributed by atoms with van der Waals surface area (Å²) in [5.74, 6) is -0.209. The molecule has 4 rings (SSSR count). The van der Waals surface area contributed by atoms with Crippen molar-refractivity contribution >= 4 is 17.6 Å². The van der Waals surface area contributed by atoms with E-state index < -0.39 is 0 Å². The number of piperidine rings is 1. The molecule has 2 unspecified atom stereocenters. The van der Waals surface area contributed by atoms with Crippen molar-refractivity contribution in [2.75, 3.05) is 18.4 Å². The van der Waals surface area contributed by atoms with Crippen LogP contribution >= 0.6 is 0 Å². The van der Waals surface area contributed by atoms with Gasteiger partial charge in [-0.1, -0.05) is 78.9 Å². The van der Waals surface area contributed by atoms with Gasteiger partial charge in [0.2, 0.25) is 5.91 Å². The number of urea groups is 1. The van der Waals surface area contributed by atoms with Crippen LogP contribution in [0.4, 0.5) is 10.5 Å². The van der Waals surface area contributed by atoms with E-state index in [4.69, 9.17) is 0 Å². The summed E-state index contributed by atoms with van der Waals surface area (Å²) in [5, 5.41) is 6.19. The quantitative estimate of drug-likeness (QED) is 0.580. The fraction of sp³-hybridized carbons (Fsp3) is 0.259. The summed E-state index contributed by atoms with van der Waals surface area (Å²) in [5.41, 5.74) is 3.02. The Labute approximate surface area is 189 Å². The second-order valence-corrected chi connectivity index (χ2v) is 8.24. The number of likely N-dealkylation sites (tertiary alicyclic amines) is 1. The monoisotopic (exact) mass is 427 g/mol. The summed E-state index contributed by atoms with van der Waals surface area (Å²) in [4.78, 5) is 27.7. The molecule has 164 valence electrons. The highest BCUT2D eigenvalue weighted by molar-refractivity contribution is 5.90. The molecular weight excluding hydrogens is 398 g/mol. The number of benzene rings is 3. The Morgan fingerprint density at radius 2 is 1.50 bits per heavy atom. The predicted octanol–water partition coefficient (Wildman–Crippen LogP) is 5.03. The van der Waals surface area contributed by atoms with Crippen LogP contribution in [0.1, 0.15) is 30.0 Å². The minimum atomic E-state index is -0.216. The highest BCUT2D eigenvalue weighted by atomic mass is 16.2. The fourth-order valence-corrected chi connectivity index (χ4v) is 4.18. The van der Waals surface area contributed by atoms with Gasteiger partial charge in [0.1, 0.15) is 0 Å². The zero-order valence-electron chi connectivity index (χ0n) is 18.1. The number of hydrogen-bond donors (Lipinski definition) is 2. The van der Waals surface area contributed by atoms with Crippen molar-refractivity contribution in [2.45, 2.75) is 25.3 Å². The molecule has 1 fully saturated rings. The van der Waals surface area contributed by atoms with Gasteiger partial charge in [-0.3, -0.25) is 4.79 Å². The third-order valence-electron chi connectivity index (χ3n) is 5.91. The van der Waals surface area contributed by atoms with Gasteiger partial charge >= 0.3 is 6.03 Å². The molecule has 32 heavy (non-hydrogen) atoms. The van der Waals surface area contributed by atoms with Gasteiger partial charge in [-0.2, -0.15) is 0 Å². The molecule has 0 saturated carbocycles. The average molecular weight is 428 g/mol. The van der Waals surface area contributed by atoms with E-state index >= 15 is 0 Å². The standard InChI is InChI=1S/C27H29N3O2/c31-26(23-15-10-18-30(20-23)27(32)28-24-16-8-3-9-17-24)29-25(22-13-6-2-7-14-22)19-21-11-4-1-5-12-21/h1-9,11-14,16-17,23,25H,10,15,18-20H2,(H,28,32)(H,29,31). The van der Waals surface area contributed by atoms with Crippen LogP contribution in [0.5, 0.6) is 0 Å².